The van der Waals surface area contributed by atoms with E-state index < -0.39 is 0 Å². The van der Waals surface area contributed by atoms with Crippen molar-refractivity contribution in [2.24, 2.45) is 12.8 Å². The number of hydrogen-bond acceptors (Lipinski definition) is 4. The van der Waals surface area contributed by atoms with E-state index in [9.17, 15) is 0 Å². The van der Waals surface area contributed by atoms with Gasteiger partial charge in [-0.1, -0.05) is 11.6 Å². The van der Waals surface area contributed by atoms with E-state index in [0.29, 0.717) is 29.7 Å². The number of aryl methyl sites for hydroxylation is 2. The summed E-state index contributed by atoms with van der Waals surface area (Å²) in [5, 5.41) is 4.81. The van der Waals surface area contributed by atoms with Crippen molar-refractivity contribution in [3.63, 3.8) is 0 Å². The van der Waals surface area contributed by atoms with Crippen LogP contribution < -0.4 is 15.2 Å². The van der Waals surface area contributed by atoms with Crippen molar-refractivity contribution in [3.05, 3.63) is 40.2 Å². The first-order valence-electron chi connectivity index (χ1n) is 6.74. The summed E-state index contributed by atoms with van der Waals surface area (Å²) in [5.41, 5.74) is 8.52. The standard InChI is InChI=1S/C15H20ClN3O2/c1-10-6-12(19(2)18-10)9-21-15-13(16)7-11(4-5-17)8-14(15)20-3/h6-8H,4-5,9,17H2,1-3H3. The number of methoxy groups -OCH3 is 1. The summed E-state index contributed by atoms with van der Waals surface area (Å²) in [5.74, 6) is 1.16. The van der Waals surface area contributed by atoms with Crippen molar-refractivity contribution in [2.75, 3.05) is 13.7 Å². The predicted octanol–water partition coefficient (Wildman–Crippen LogP) is 2.47. The lowest BCUT2D eigenvalue weighted by molar-refractivity contribution is 0.276. The van der Waals surface area contributed by atoms with Gasteiger partial charge in [0.1, 0.15) is 6.61 Å². The fourth-order valence-electron chi connectivity index (χ4n) is 2.17. The lowest BCUT2D eigenvalue weighted by atomic mass is 10.1. The van der Waals surface area contributed by atoms with Gasteiger partial charge in [-0.15, -0.1) is 0 Å². The van der Waals surface area contributed by atoms with Crippen LogP contribution in [0.1, 0.15) is 17.0 Å². The lowest BCUT2D eigenvalue weighted by Crippen LogP contribution is -2.06. The number of aromatic nitrogens is 2. The Bertz CT molecular complexity index is 626. The first kappa shape index (κ1) is 15.7. The maximum atomic E-state index is 6.29. The largest absolute Gasteiger partial charge is 0.493 e. The molecule has 114 valence electrons. The highest BCUT2D eigenvalue weighted by molar-refractivity contribution is 6.32. The molecule has 21 heavy (non-hydrogen) atoms. The Hall–Kier alpha value is -1.72. The van der Waals surface area contributed by atoms with Crippen LogP contribution in [0.5, 0.6) is 11.5 Å². The van der Waals surface area contributed by atoms with Crippen molar-refractivity contribution in [1.29, 1.82) is 0 Å². The lowest BCUT2D eigenvalue weighted by Gasteiger charge is -2.14. The fourth-order valence-corrected chi connectivity index (χ4v) is 2.46. The minimum absolute atomic E-state index is 0.379. The minimum Gasteiger partial charge on any atom is -0.493 e. The number of nitrogens with zero attached hydrogens (tertiary/aromatic N) is 2. The zero-order chi connectivity index (χ0) is 15.4. The van der Waals surface area contributed by atoms with Gasteiger partial charge in [-0.2, -0.15) is 5.10 Å². The van der Waals surface area contributed by atoms with Gasteiger partial charge >= 0.3 is 0 Å². The molecule has 0 aliphatic rings. The topological polar surface area (TPSA) is 62.3 Å². The smallest absolute Gasteiger partial charge is 0.180 e. The van der Waals surface area contributed by atoms with Crippen LogP contribution >= 0.6 is 11.6 Å². The van der Waals surface area contributed by atoms with Gasteiger partial charge in [0.05, 0.1) is 23.5 Å². The molecule has 0 bridgehead atoms. The summed E-state index contributed by atoms with van der Waals surface area (Å²) in [6, 6.07) is 5.74. The Morgan fingerprint density at radius 2 is 2.10 bits per heavy atom. The molecule has 2 N–H and O–H groups in total. The molecule has 0 spiro atoms. The van der Waals surface area contributed by atoms with E-state index in [2.05, 4.69) is 5.10 Å². The molecular formula is C15H20ClN3O2. The quantitative estimate of drug-likeness (QED) is 0.890. The second kappa shape index (κ2) is 6.83. The van der Waals surface area contributed by atoms with E-state index >= 15 is 0 Å². The molecule has 1 aromatic heterocycles. The van der Waals surface area contributed by atoms with E-state index in [1.54, 1.807) is 11.8 Å². The average molecular weight is 310 g/mol. The third-order valence-electron chi connectivity index (χ3n) is 3.19. The molecule has 2 rings (SSSR count). The third-order valence-corrected chi connectivity index (χ3v) is 3.47. The summed E-state index contributed by atoms with van der Waals surface area (Å²) < 4.78 is 13.0. The van der Waals surface area contributed by atoms with E-state index in [4.69, 9.17) is 26.8 Å². The van der Waals surface area contributed by atoms with Crippen molar-refractivity contribution in [1.82, 2.24) is 9.78 Å². The monoisotopic (exact) mass is 309 g/mol. The molecule has 0 unspecified atom stereocenters. The minimum atomic E-state index is 0.379. The SMILES string of the molecule is COc1cc(CCN)cc(Cl)c1OCc1cc(C)nn1C. The molecular weight excluding hydrogens is 290 g/mol. The number of halogens is 1. The fraction of sp³-hybridized carbons (Fsp3) is 0.400. The first-order valence-corrected chi connectivity index (χ1v) is 7.11. The molecule has 6 heteroatoms. The van der Waals surface area contributed by atoms with Crippen LogP contribution in [-0.4, -0.2) is 23.4 Å². The molecule has 0 saturated heterocycles. The maximum absolute atomic E-state index is 6.29. The second-order valence-electron chi connectivity index (χ2n) is 4.84. The van der Waals surface area contributed by atoms with Crippen LogP contribution in [0, 0.1) is 6.92 Å². The highest BCUT2D eigenvalue weighted by atomic mass is 35.5. The van der Waals surface area contributed by atoms with Crippen molar-refractivity contribution < 1.29 is 9.47 Å². The Kier molecular flexibility index (Phi) is 5.09. The van der Waals surface area contributed by atoms with Crippen LogP contribution in [0.3, 0.4) is 0 Å². The molecule has 0 radical (unpaired) electrons. The summed E-state index contributed by atoms with van der Waals surface area (Å²) in [6.45, 7) is 2.89. The number of nitrogens with two attached hydrogens (primary N) is 1. The van der Waals surface area contributed by atoms with Gasteiger partial charge in [0.15, 0.2) is 11.5 Å². The van der Waals surface area contributed by atoms with E-state index in [0.717, 1.165) is 23.4 Å². The summed E-state index contributed by atoms with van der Waals surface area (Å²) in [4.78, 5) is 0. The van der Waals surface area contributed by atoms with E-state index in [-0.39, 0.29) is 0 Å². The summed E-state index contributed by atoms with van der Waals surface area (Å²) >= 11 is 6.29. The van der Waals surface area contributed by atoms with Crippen LogP contribution in [0.15, 0.2) is 18.2 Å². The van der Waals surface area contributed by atoms with Crippen molar-refractivity contribution in [3.8, 4) is 11.5 Å². The van der Waals surface area contributed by atoms with Crippen molar-refractivity contribution in [2.45, 2.75) is 20.0 Å². The molecule has 0 aliphatic heterocycles. The highest BCUT2D eigenvalue weighted by Crippen LogP contribution is 2.37. The van der Waals surface area contributed by atoms with Crippen LogP contribution in [0.25, 0.3) is 0 Å². The normalized spacial score (nSPS) is 10.7. The first-order chi connectivity index (χ1) is 10.0. The van der Waals surface area contributed by atoms with Gasteiger partial charge in [-0.25, -0.2) is 0 Å². The van der Waals surface area contributed by atoms with Gasteiger partial charge < -0.3 is 15.2 Å². The average Bonchev–Trinajstić information content (AvgIpc) is 2.75. The summed E-state index contributed by atoms with van der Waals surface area (Å²) in [6.07, 6.45) is 0.747. The second-order valence-corrected chi connectivity index (χ2v) is 5.24. The maximum Gasteiger partial charge on any atom is 0.180 e. The van der Waals surface area contributed by atoms with Gasteiger partial charge in [0, 0.05) is 7.05 Å². The van der Waals surface area contributed by atoms with Gasteiger partial charge in [-0.3, -0.25) is 4.68 Å². The molecule has 2 aromatic rings. The van der Waals surface area contributed by atoms with Crippen LogP contribution in [-0.2, 0) is 20.1 Å². The van der Waals surface area contributed by atoms with Crippen LogP contribution in [0.2, 0.25) is 5.02 Å². The van der Waals surface area contributed by atoms with E-state index in [1.807, 2.05) is 32.2 Å². The Morgan fingerprint density at radius 3 is 2.67 bits per heavy atom. The molecule has 0 fully saturated rings. The molecule has 0 aliphatic carbocycles. The Morgan fingerprint density at radius 1 is 1.33 bits per heavy atom. The molecule has 0 saturated carbocycles. The summed E-state index contributed by atoms with van der Waals surface area (Å²) in [7, 11) is 3.48. The number of rotatable bonds is 6. The van der Waals surface area contributed by atoms with Gasteiger partial charge in [0.25, 0.3) is 0 Å². The molecule has 1 heterocycles. The van der Waals surface area contributed by atoms with Gasteiger partial charge in [-0.05, 0) is 43.7 Å². The molecule has 5 nitrogen and oxygen atoms in total. The third kappa shape index (κ3) is 3.68. The zero-order valence-corrected chi connectivity index (χ0v) is 13.3. The highest BCUT2D eigenvalue weighted by Gasteiger charge is 2.13. The van der Waals surface area contributed by atoms with Gasteiger partial charge in [0.2, 0.25) is 0 Å². The number of ether oxygens (including phenoxy) is 2. The van der Waals surface area contributed by atoms with E-state index in [1.165, 1.54) is 0 Å². The number of hydrogen-bond donors (Lipinski definition) is 1. The number of benzene rings is 1. The molecule has 0 atom stereocenters. The molecule has 1 aromatic carbocycles. The predicted molar refractivity (Wildman–Crippen MR) is 83.0 cm³/mol. The zero-order valence-electron chi connectivity index (χ0n) is 12.5. The van der Waals surface area contributed by atoms with Crippen LogP contribution in [0.4, 0.5) is 0 Å². The Labute approximate surface area is 129 Å². The molecule has 0 amide bonds. The Balaban J connectivity index is 2.21. The van der Waals surface area contributed by atoms with Crippen molar-refractivity contribution >= 4 is 11.6 Å².